The van der Waals surface area contributed by atoms with Crippen LogP contribution in [0.5, 0.6) is 0 Å². The van der Waals surface area contributed by atoms with Crippen molar-refractivity contribution in [1.29, 1.82) is 0 Å². The van der Waals surface area contributed by atoms with Crippen molar-refractivity contribution >= 4 is 11.6 Å². The highest BCUT2D eigenvalue weighted by Gasteiger charge is 2.38. The number of rotatable bonds is 7. The molecule has 0 radical (unpaired) electrons. The van der Waals surface area contributed by atoms with Gasteiger partial charge in [-0.3, -0.25) is 19.3 Å². The lowest BCUT2D eigenvalue weighted by molar-refractivity contribution is -0.117. The van der Waals surface area contributed by atoms with E-state index >= 15 is 0 Å². The Balaban J connectivity index is 1.30. The van der Waals surface area contributed by atoms with Crippen LogP contribution in [0.4, 0.5) is 5.69 Å². The molecule has 0 bridgehead atoms. The van der Waals surface area contributed by atoms with Crippen LogP contribution in [0, 0.1) is 13.8 Å². The van der Waals surface area contributed by atoms with E-state index < -0.39 is 5.60 Å². The fraction of sp³-hybridized carbons (Fsp3) is 0.583. The molecule has 1 atom stereocenters. The number of hydrogen-bond acceptors (Lipinski definition) is 6. The minimum absolute atomic E-state index is 0.0562. The monoisotopic (exact) mass is 440 g/mol. The van der Waals surface area contributed by atoms with Gasteiger partial charge in [0.2, 0.25) is 5.91 Å². The fourth-order valence-electron chi connectivity index (χ4n) is 4.80. The third-order valence-electron chi connectivity index (χ3n) is 6.71. The predicted molar refractivity (Wildman–Crippen MR) is 126 cm³/mol. The molecule has 0 unspecified atom stereocenters. The zero-order chi connectivity index (χ0) is 22.7. The highest BCUT2D eigenvalue weighted by Crippen LogP contribution is 2.24. The first kappa shape index (κ1) is 22.9. The van der Waals surface area contributed by atoms with Gasteiger partial charge in [0, 0.05) is 45.8 Å². The van der Waals surface area contributed by atoms with Crippen LogP contribution in [0.1, 0.15) is 23.4 Å². The van der Waals surface area contributed by atoms with Crippen molar-refractivity contribution in [2.45, 2.75) is 32.4 Å². The summed E-state index contributed by atoms with van der Waals surface area (Å²) in [7, 11) is 2.14. The number of anilines is 1. The number of aliphatic hydroxyl groups is 1. The molecule has 1 aromatic carbocycles. The zero-order valence-corrected chi connectivity index (χ0v) is 19.5. The first-order chi connectivity index (χ1) is 15.3. The van der Waals surface area contributed by atoms with E-state index in [1.54, 1.807) is 0 Å². The number of piperazine rings is 1. The van der Waals surface area contributed by atoms with E-state index in [4.69, 9.17) is 0 Å². The SMILES string of the molecule is Cc1nn(Cc2ccccc2)c(C)c1NC(=O)CN1CC[C@](O)(CN2CCN(C)CC2)C1. The molecular formula is C24H36N6O2. The summed E-state index contributed by atoms with van der Waals surface area (Å²) in [4.78, 5) is 19.5. The Hall–Kier alpha value is -2.26. The van der Waals surface area contributed by atoms with Gasteiger partial charge in [0.1, 0.15) is 0 Å². The van der Waals surface area contributed by atoms with Gasteiger partial charge in [-0.1, -0.05) is 30.3 Å². The number of carbonyl (C=O) groups excluding carboxylic acids is 1. The van der Waals surface area contributed by atoms with Crippen LogP contribution in [0.3, 0.4) is 0 Å². The van der Waals surface area contributed by atoms with Crippen LogP contribution in [-0.2, 0) is 11.3 Å². The van der Waals surface area contributed by atoms with Crippen LogP contribution in [0.15, 0.2) is 30.3 Å². The number of hydrogen-bond donors (Lipinski definition) is 2. The molecule has 2 aromatic rings. The number of likely N-dealkylation sites (tertiary alicyclic amines) is 1. The van der Waals surface area contributed by atoms with Gasteiger partial charge in [0.05, 0.1) is 35.8 Å². The molecule has 2 aliphatic rings. The maximum atomic E-state index is 12.8. The molecule has 1 aromatic heterocycles. The van der Waals surface area contributed by atoms with E-state index in [0.29, 0.717) is 26.1 Å². The molecule has 174 valence electrons. The van der Waals surface area contributed by atoms with Crippen LogP contribution < -0.4 is 5.32 Å². The number of carbonyl (C=O) groups is 1. The first-order valence-electron chi connectivity index (χ1n) is 11.5. The minimum atomic E-state index is -0.734. The molecular weight excluding hydrogens is 404 g/mol. The Morgan fingerprint density at radius 2 is 1.81 bits per heavy atom. The maximum Gasteiger partial charge on any atom is 0.238 e. The molecule has 0 spiro atoms. The molecule has 0 saturated carbocycles. The van der Waals surface area contributed by atoms with E-state index in [1.165, 1.54) is 5.56 Å². The van der Waals surface area contributed by atoms with E-state index in [9.17, 15) is 9.90 Å². The lowest BCUT2D eigenvalue weighted by Gasteiger charge is -2.36. The predicted octanol–water partition coefficient (Wildman–Crippen LogP) is 1.17. The van der Waals surface area contributed by atoms with Gasteiger partial charge in [0.15, 0.2) is 0 Å². The van der Waals surface area contributed by atoms with Crippen molar-refractivity contribution in [2.24, 2.45) is 0 Å². The third kappa shape index (κ3) is 5.56. The van der Waals surface area contributed by atoms with E-state index in [-0.39, 0.29) is 12.5 Å². The van der Waals surface area contributed by atoms with Gasteiger partial charge in [-0.05, 0) is 32.9 Å². The maximum absolute atomic E-state index is 12.8. The number of amides is 1. The summed E-state index contributed by atoms with van der Waals surface area (Å²) >= 11 is 0. The second-order valence-electron chi connectivity index (χ2n) is 9.50. The number of likely N-dealkylation sites (N-methyl/N-ethyl adjacent to an activating group) is 1. The second kappa shape index (κ2) is 9.70. The van der Waals surface area contributed by atoms with Crippen molar-refractivity contribution in [3.8, 4) is 0 Å². The van der Waals surface area contributed by atoms with Crippen molar-refractivity contribution in [1.82, 2.24) is 24.5 Å². The van der Waals surface area contributed by atoms with Crippen LogP contribution >= 0.6 is 0 Å². The van der Waals surface area contributed by atoms with Gasteiger partial charge >= 0.3 is 0 Å². The van der Waals surface area contributed by atoms with Crippen LogP contribution in [0.2, 0.25) is 0 Å². The lowest BCUT2D eigenvalue weighted by atomic mass is 10.0. The van der Waals surface area contributed by atoms with E-state index in [2.05, 4.69) is 44.3 Å². The highest BCUT2D eigenvalue weighted by atomic mass is 16.3. The second-order valence-corrected chi connectivity index (χ2v) is 9.50. The van der Waals surface area contributed by atoms with Crippen molar-refractivity contribution in [2.75, 3.05) is 64.7 Å². The Kier molecular flexibility index (Phi) is 6.95. The Morgan fingerprint density at radius 1 is 1.09 bits per heavy atom. The molecule has 3 heterocycles. The van der Waals surface area contributed by atoms with Gasteiger partial charge in [0.25, 0.3) is 0 Å². The van der Waals surface area contributed by atoms with Gasteiger partial charge in [-0.25, -0.2) is 0 Å². The molecule has 2 aliphatic heterocycles. The summed E-state index contributed by atoms with van der Waals surface area (Å²) in [6.45, 7) is 10.9. The molecule has 8 nitrogen and oxygen atoms in total. The Morgan fingerprint density at radius 3 is 2.53 bits per heavy atom. The molecule has 32 heavy (non-hydrogen) atoms. The average molecular weight is 441 g/mol. The number of aromatic nitrogens is 2. The molecule has 8 heteroatoms. The summed E-state index contributed by atoms with van der Waals surface area (Å²) in [5, 5.41) is 18.8. The lowest BCUT2D eigenvalue weighted by Crippen LogP contribution is -2.52. The van der Waals surface area contributed by atoms with Crippen molar-refractivity contribution in [3.05, 3.63) is 47.3 Å². The van der Waals surface area contributed by atoms with Crippen LogP contribution in [0.25, 0.3) is 0 Å². The minimum Gasteiger partial charge on any atom is -0.387 e. The average Bonchev–Trinajstić information content (AvgIpc) is 3.24. The number of nitrogens with one attached hydrogen (secondary N) is 1. The number of aryl methyl sites for hydroxylation is 1. The number of β-amino-alcohol motifs (C(OH)–C–C–N with tert-alkyl or cyclic N) is 1. The highest BCUT2D eigenvalue weighted by molar-refractivity contribution is 5.93. The summed E-state index contributed by atoms with van der Waals surface area (Å²) < 4.78 is 1.94. The number of benzene rings is 1. The van der Waals surface area contributed by atoms with Gasteiger partial charge in [-0.15, -0.1) is 0 Å². The molecule has 1 amide bonds. The third-order valence-corrected chi connectivity index (χ3v) is 6.71. The fourth-order valence-corrected chi connectivity index (χ4v) is 4.80. The molecule has 2 N–H and O–H groups in total. The summed E-state index contributed by atoms with van der Waals surface area (Å²) in [5.74, 6) is -0.0562. The van der Waals surface area contributed by atoms with Crippen molar-refractivity contribution < 1.29 is 9.90 Å². The normalized spacial score (nSPS) is 23.0. The van der Waals surface area contributed by atoms with Gasteiger partial charge in [-0.2, -0.15) is 5.10 Å². The smallest absolute Gasteiger partial charge is 0.238 e. The van der Waals surface area contributed by atoms with Crippen LogP contribution in [-0.4, -0.2) is 101 Å². The summed E-state index contributed by atoms with van der Waals surface area (Å²) in [6, 6.07) is 10.2. The van der Waals surface area contributed by atoms with Gasteiger partial charge < -0.3 is 15.3 Å². The first-order valence-corrected chi connectivity index (χ1v) is 11.5. The molecule has 2 fully saturated rings. The zero-order valence-electron chi connectivity index (χ0n) is 19.5. The topological polar surface area (TPSA) is 76.9 Å². The summed E-state index contributed by atoms with van der Waals surface area (Å²) in [6.07, 6.45) is 0.708. The van der Waals surface area contributed by atoms with E-state index in [0.717, 1.165) is 49.8 Å². The van der Waals surface area contributed by atoms with E-state index in [1.807, 2.05) is 36.7 Å². The Labute approximate surface area is 190 Å². The number of nitrogens with zero attached hydrogens (tertiary/aromatic N) is 5. The Bertz CT molecular complexity index is 922. The quantitative estimate of drug-likeness (QED) is 0.673. The molecule has 0 aliphatic carbocycles. The standard InChI is InChI=1S/C24H36N6O2/c1-19-23(20(2)30(26-19)15-21-7-5-4-6-8-21)25-22(31)16-29-10-9-24(32,18-29)17-28-13-11-27(3)12-14-28/h4-8,32H,9-18H2,1-3H3,(H,25,31)/t24-/m0/s1. The largest absolute Gasteiger partial charge is 0.387 e. The summed E-state index contributed by atoms with van der Waals surface area (Å²) in [5.41, 5.74) is 3.00. The molecule has 2 saturated heterocycles. The molecule has 4 rings (SSSR count). The van der Waals surface area contributed by atoms with Crippen molar-refractivity contribution in [3.63, 3.8) is 0 Å².